The number of carbonyl (C=O) groups excluding carboxylic acids is 2. The lowest BCUT2D eigenvalue weighted by Crippen LogP contribution is -2.55. The van der Waals surface area contributed by atoms with Crippen molar-refractivity contribution >= 4 is 29.3 Å². The predicted molar refractivity (Wildman–Crippen MR) is 145 cm³/mol. The first-order chi connectivity index (χ1) is 18.0. The van der Waals surface area contributed by atoms with E-state index in [1.165, 1.54) is 21.3 Å². The maximum atomic E-state index is 14.7. The summed E-state index contributed by atoms with van der Waals surface area (Å²) >= 11 is 6.48. The summed E-state index contributed by atoms with van der Waals surface area (Å²) in [5.41, 5.74) is -0.373. The van der Waals surface area contributed by atoms with Crippen LogP contribution in [0.5, 0.6) is 17.2 Å². The molecule has 38 heavy (non-hydrogen) atoms. The van der Waals surface area contributed by atoms with Crippen molar-refractivity contribution in [2.24, 2.45) is 0 Å². The molecule has 3 aromatic carbocycles. The Hall–Kier alpha value is -3.91. The predicted octanol–water partition coefficient (Wildman–Crippen LogP) is 5.68. The van der Waals surface area contributed by atoms with Crippen LogP contribution in [0.15, 0.2) is 60.7 Å². The van der Waals surface area contributed by atoms with Gasteiger partial charge in [0.2, 0.25) is 0 Å². The molecular formula is C29H31ClN2O6. The van der Waals surface area contributed by atoms with Crippen molar-refractivity contribution in [2.45, 2.75) is 38.5 Å². The largest absolute Gasteiger partial charge is 0.496 e. The first kappa shape index (κ1) is 27.1. The van der Waals surface area contributed by atoms with Gasteiger partial charge in [-0.05, 0) is 44.5 Å². The van der Waals surface area contributed by atoms with Gasteiger partial charge in [0.05, 0.1) is 39.1 Å². The van der Waals surface area contributed by atoms with Crippen molar-refractivity contribution in [3.8, 4) is 17.2 Å². The fourth-order valence-electron chi connectivity index (χ4n) is 4.65. The SMILES string of the molecule is COc1cc(OC)c([C@@]2(NC(=O)OC(C)(C)C)C(=O)N(Cc3ccccc3)c3ccc(Cl)cc32)c(OC)c1. The molecule has 0 aliphatic carbocycles. The van der Waals surface area contributed by atoms with Crippen LogP contribution in [0.1, 0.15) is 37.5 Å². The number of methoxy groups -OCH3 is 3. The highest BCUT2D eigenvalue weighted by Gasteiger charge is 2.57. The zero-order chi connectivity index (χ0) is 27.7. The number of hydrogen-bond acceptors (Lipinski definition) is 6. The van der Waals surface area contributed by atoms with E-state index in [1.54, 1.807) is 56.0 Å². The Bertz CT molecular complexity index is 1330. The highest BCUT2D eigenvalue weighted by molar-refractivity contribution is 6.31. The number of carbonyl (C=O) groups is 2. The number of anilines is 1. The van der Waals surface area contributed by atoms with Gasteiger partial charge in [-0.25, -0.2) is 4.79 Å². The molecule has 2 amide bonds. The monoisotopic (exact) mass is 538 g/mol. The number of benzene rings is 3. The van der Waals surface area contributed by atoms with Crippen molar-refractivity contribution in [2.75, 3.05) is 26.2 Å². The molecular weight excluding hydrogens is 508 g/mol. The van der Waals surface area contributed by atoms with Gasteiger partial charge in [0.15, 0.2) is 5.54 Å². The first-order valence-electron chi connectivity index (χ1n) is 12.0. The van der Waals surface area contributed by atoms with Crippen LogP contribution in [-0.2, 0) is 21.6 Å². The van der Waals surface area contributed by atoms with Crippen LogP contribution in [0.4, 0.5) is 10.5 Å². The second kappa shape index (κ2) is 10.5. The molecule has 8 nitrogen and oxygen atoms in total. The number of ether oxygens (including phenoxy) is 4. The minimum absolute atomic E-state index is 0.257. The quantitative estimate of drug-likeness (QED) is 0.416. The summed E-state index contributed by atoms with van der Waals surface area (Å²) in [6, 6.07) is 18.0. The van der Waals surface area contributed by atoms with Crippen LogP contribution in [0.2, 0.25) is 5.02 Å². The van der Waals surface area contributed by atoms with Gasteiger partial charge in [-0.3, -0.25) is 10.1 Å². The molecule has 1 aliphatic rings. The maximum absolute atomic E-state index is 14.7. The van der Waals surface area contributed by atoms with E-state index in [4.69, 9.17) is 30.5 Å². The molecule has 0 fully saturated rings. The van der Waals surface area contributed by atoms with Gasteiger partial charge in [-0.1, -0.05) is 41.9 Å². The number of hydrogen-bond donors (Lipinski definition) is 1. The highest BCUT2D eigenvalue weighted by atomic mass is 35.5. The molecule has 0 radical (unpaired) electrons. The lowest BCUT2D eigenvalue weighted by molar-refractivity contribution is -0.123. The van der Waals surface area contributed by atoms with Gasteiger partial charge in [-0.2, -0.15) is 0 Å². The average molecular weight is 539 g/mol. The van der Waals surface area contributed by atoms with E-state index in [0.29, 0.717) is 27.6 Å². The van der Waals surface area contributed by atoms with Gasteiger partial charge in [0.25, 0.3) is 5.91 Å². The second-order valence-electron chi connectivity index (χ2n) is 9.82. The van der Waals surface area contributed by atoms with E-state index in [9.17, 15) is 9.59 Å². The number of halogens is 1. The summed E-state index contributed by atoms with van der Waals surface area (Å²) in [6.07, 6.45) is -0.793. The number of nitrogens with zero attached hydrogens (tertiary/aromatic N) is 1. The molecule has 1 atom stereocenters. The van der Waals surface area contributed by atoms with Crippen LogP contribution in [0.3, 0.4) is 0 Å². The zero-order valence-corrected chi connectivity index (χ0v) is 23.0. The lowest BCUT2D eigenvalue weighted by atomic mass is 9.82. The number of alkyl carbamates (subject to hydrolysis) is 1. The minimum Gasteiger partial charge on any atom is -0.496 e. The summed E-state index contributed by atoms with van der Waals surface area (Å²) < 4.78 is 22.5. The van der Waals surface area contributed by atoms with Gasteiger partial charge in [0.1, 0.15) is 22.8 Å². The molecule has 0 saturated heterocycles. The normalized spacial score (nSPS) is 16.6. The summed E-state index contributed by atoms with van der Waals surface area (Å²) in [4.78, 5) is 29.7. The Morgan fingerprint density at radius 3 is 2.13 bits per heavy atom. The smallest absolute Gasteiger partial charge is 0.409 e. The molecule has 0 aromatic heterocycles. The van der Waals surface area contributed by atoms with Crippen LogP contribution in [0, 0.1) is 0 Å². The molecule has 200 valence electrons. The topological polar surface area (TPSA) is 86.3 Å². The molecule has 0 saturated carbocycles. The third kappa shape index (κ3) is 4.96. The summed E-state index contributed by atoms with van der Waals surface area (Å²) in [7, 11) is 4.46. The standard InChI is InChI=1S/C29H31ClN2O6/c1-28(2,3)38-27(34)31-29(25-23(36-5)15-20(35-4)16-24(25)37-6)21-14-19(30)12-13-22(21)32(26(29)33)17-18-10-8-7-9-11-18/h7-16H,17H2,1-6H3,(H,31,34)/t29-/m1/s1. The molecule has 0 spiro atoms. The Labute approximate surface area is 227 Å². The number of fused-ring (bicyclic) bond motifs is 1. The molecule has 1 heterocycles. The summed E-state index contributed by atoms with van der Waals surface area (Å²) in [6.45, 7) is 5.50. The van der Waals surface area contributed by atoms with Gasteiger partial charge >= 0.3 is 6.09 Å². The van der Waals surface area contributed by atoms with Crippen LogP contribution in [-0.4, -0.2) is 38.9 Å². The Kier molecular flexibility index (Phi) is 7.47. The zero-order valence-electron chi connectivity index (χ0n) is 22.3. The molecule has 0 unspecified atom stereocenters. The van der Waals surface area contributed by atoms with Crippen LogP contribution in [0.25, 0.3) is 0 Å². The molecule has 1 N–H and O–H groups in total. The fourth-order valence-corrected chi connectivity index (χ4v) is 4.82. The van der Waals surface area contributed by atoms with Crippen molar-refractivity contribution in [3.63, 3.8) is 0 Å². The van der Waals surface area contributed by atoms with E-state index in [2.05, 4.69) is 5.32 Å². The van der Waals surface area contributed by atoms with Gasteiger partial charge in [0, 0.05) is 22.7 Å². The lowest BCUT2D eigenvalue weighted by Gasteiger charge is -2.34. The highest BCUT2D eigenvalue weighted by Crippen LogP contribution is 2.52. The Morgan fingerprint density at radius 2 is 1.58 bits per heavy atom. The van der Waals surface area contributed by atoms with E-state index >= 15 is 0 Å². The molecule has 9 heteroatoms. The second-order valence-corrected chi connectivity index (χ2v) is 10.3. The number of amides is 2. The summed E-state index contributed by atoms with van der Waals surface area (Å²) in [5.74, 6) is 0.579. The van der Waals surface area contributed by atoms with Crippen LogP contribution >= 0.6 is 11.6 Å². The van der Waals surface area contributed by atoms with E-state index in [1.807, 2.05) is 30.3 Å². The van der Waals surface area contributed by atoms with Crippen molar-refractivity contribution in [1.82, 2.24) is 5.32 Å². The van der Waals surface area contributed by atoms with Gasteiger partial charge < -0.3 is 23.8 Å². The summed E-state index contributed by atoms with van der Waals surface area (Å²) in [5, 5.41) is 3.28. The fraction of sp³-hybridized carbons (Fsp3) is 0.310. The molecule has 1 aliphatic heterocycles. The minimum atomic E-state index is -1.79. The Balaban J connectivity index is 2.03. The molecule has 4 rings (SSSR count). The van der Waals surface area contributed by atoms with Crippen molar-refractivity contribution in [1.29, 1.82) is 0 Å². The Morgan fingerprint density at radius 1 is 0.947 bits per heavy atom. The maximum Gasteiger partial charge on any atom is 0.409 e. The van der Waals surface area contributed by atoms with E-state index in [0.717, 1.165) is 5.56 Å². The van der Waals surface area contributed by atoms with Crippen molar-refractivity contribution in [3.05, 3.63) is 82.4 Å². The third-order valence-electron chi connectivity index (χ3n) is 6.18. The number of nitrogens with one attached hydrogen (secondary N) is 1. The number of rotatable bonds is 7. The van der Waals surface area contributed by atoms with Crippen molar-refractivity contribution < 1.29 is 28.5 Å². The van der Waals surface area contributed by atoms with E-state index < -0.39 is 23.1 Å². The molecule has 3 aromatic rings. The molecule has 0 bridgehead atoms. The van der Waals surface area contributed by atoms with E-state index in [-0.39, 0.29) is 18.0 Å². The average Bonchev–Trinajstić information content (AvgIpc) is 3.09. The van der Waals surface area contributed by atoms with Crippen LogP contribution < -0.4 is 24.4 Å². The first-order valence-corrected chi connectivity index (χ1v) is 12.4. The van der Waals surface area contributed by atoms with Gasteiger partial charge in [-0.15, -0.1) is 0 Å². The third-order valence-corrected chi connectivity index (χ3v) is 6.42.